The summed E-state index contributed by atoms with van der Waals surface area (Å²) in [4.78, 5) is 14.4. The molecule has 2 N–H and O–H groups in total. The maximum Gasteiger partial charge on any atom is 0.307 e. The molecule has 0 bridgehead atoms. The molecule has 0 aliphatic heterocycles. The Morgan fingerprint density at radius 1 is 1.44 bits per heavy atom. The van der Waals surface area contributed by atoms with Gasteiger partial charge in [-0.05, 0) is 18.1 Å². The third kappa shape index (κ3) is 1.11. The molecular weight excluding hydrogens is 202 g/mol. The molecule has 0 radical (unpaired) electrons. The highest BCUT2D eigenvalue weighted by Gasteiger charge is 2.36. The summed E-state index contributed by atoms with van der Waals surface area (Å²) >= 11 is 0. The van der Waals surface area contributed by atoms with Crippen molar-refractivity contribution in [3.63, 3.8) is 0 Å². The van der Waals surface area contributed by atoms with E-state index in [4.69, 9.17) is 5.11 Å². The number of nitrogens with one attached hydrogen (secondary N) is 1. The first-order valence-electron chi connectivity index (χ1n) is 5.50. The zero-order valence-corrected chi connectivity index (χ0v) is 9.03. The predicted molar refractivity (Wildman–Crippen MR) is 61.5 cm³/mol. The summed E-state index contributed by atoms with van der Waals surface area (Å²) < 4.78 is 0. The minimum Gasteiger partial charge on any atom is -0.481 e. The molecule has 1 aromatic carbocycles. The van der Waals surface area contributed by atoms with E-state index in [0.29, 0.717) is 6.42 Å². The van der Waals surface area contributed by atoms with Crippen LogP contribution in [0.4, 0.5) is 0 Å². The first kappa shape index (κ1) is 9.46. The predicted octanol–water partition coefficient (Wildman–Crippen LogP) is 2.53. The summed E-state index contributed by atoms with van der Waals surface area (Å²) in [5.74, 6) is -0.882. The fourth-order valence-electron chi connectivity index (χ4n) is 2.73. The van der Waals surface area contributed by atoms with Crippen molar-refractivity contribution in [1.82, 2.24) is 4.98 Å². The largest absolute Gasteiger partial charge is 0.481 e. The lowest BCUT2D eigenvalue weighted by Crippen LogP contribution is -2.17. The SMILES string of the molecule is C[C@@H]1c2[nH]c3ccccc3c2C[C@H]1C(=O)O. The van der Waals surface area contributed by atoms with E-state index in [1.165, 1.54) is 10.9 Å². The molecule has 0 unspecified atom stereocenters. The normalized spacial score (nSPS) is 23.6. The van der Waals surface area contributed by atoms with E-state index in [1.54, 1.807) is 0 Å². The van der Waals surface area contributed by atoms with E-state index in [2.05, 4.69) is 11.1 Å². The molecule has 1 aliphatic rings. The van der Waals surface area contributed by atoms with Gasteiger partial charge in [0.05, 0.1) is 5.92 Å². The minimum absolute atomic E-state index is 0.0832. The monoisotopic (exact) mass is 215 g/mol. The van der Waals surface area contributed by atoms with Crippen molar-refractivity contribution in [2.45, 2.75) is 19.3 Å². The number of para-hydroxylation sites is 1. The van der Waals surface area contributed by atoms with E-state index >= 15 is 0 Å². The van der Waals surface area contributed by atoms with Crippen molar-refractivity contribution in [2.75, 3.05) is 0 Å². The molecule has 0 amide bonds. The summed E-state index contributed by atoms with van der Waals surface area (Å²) in [5.41, 5.74) is 3.41. The van der Waals surface area contributed by atoms with Crippen LogP contribution in [0.15, 0.2) is 24.3 Å². The molecule has 3 heteroatoms. The molecule has 1 heterocycles. The van der Waals surface area contributed by atoms with Gasteiger partial charge >= 0.3 is 5.97 Å². The number of benzene rings is 1. The number of hydrogen-bond donors (Lipinski definition) is 2. The first-order chi connectivity index (χ1) is 7.68. The molecular formula is C13H13NO2. The Bertz CT molecular complexity index is 570. The average molecular weight is 215 g/mol. The number of carboxylic acids is 1. The molecule has 16 heavy (non-hydrogen) atoms. The lowest BCUT2D eigenvalue weighted by atomic mass is 9.97. The van der Waals surface area contributed by atoms with Crippen molar-refractivity contribution >= 4 is 16.9 Å². The Morgan fingerprint density at radius 2 is 2.19 bits per heavy atom. The molecule has 0 saturated heterocycles. The Balaban J connectivity index is 2.18. The van der Waals surface area contributed by atoms with Crippen molar-refractivity contribution in [3.8, 4) is 0 Å². The van der Waals surface area contributed by atoms with Crippen LogP contribution in [0.5, 0.6) is 0 Å². The van der Waals surface area contributed by atoms with Gasteiger partial charge in [-0.25, -0.2) is 0 Å². The fourth-order valence-corrected chi connectivity index (χ4v) is 2.73. The number of H-pyrrole nitrogens is 1. The van der Waals surface area contributed by atoms with Gasteiger partial charge in [0.25, 0.3) is 0 Å². The maximum atomic E-state index is 11.1. The lowest BCUT2D eigenvalue weighted by Gasteiger charge is -2.10. The van der Waals surface area contributed by atoms with Gasteiger partial charge < -0.3 is 10.1 Å². The van der Waals surface area contributed by atoms with Crippen LogP contribution in [-0.2, 0) is 11.2 Å². The highest BCUT2D eigenvalue weighted by molar-refractivity contribution is 5.87. The van der Waals surface area contributed by atoms with E-state index in [-0.39, 0.29) is 11.8 Å². The third-order valence-electron chi connectivity index (χ3n) is 3.65. The Morgan fingerprint density at radius 3 is 2.94 bits per heavy atom. The van der Waals surface area contributed by atoms with Crippen LogP contribution in [0.3, 0.4) is 0 Å². The van der Waals surface area contributed by atoms with Crippen LogP contribution in [0.25, 0.3) is 10.9 Å². The van der Waals surface area contributed by atoms with Crippen molar-refractivity contribution in [3.05, 3.63) is 35.5 Å². The second-order valence-corrected chi connectivity index (χ2v) is 4.50. The standard InChI is InChI=1S/C13H13NO2/c1-7-9(13(15)16)6-10-8-4-2-3-5-11(8)14-12(7)10/h2-5,7,9,14H,6H2,1H3,(H,15,16)/t7-,9+/m0/s1. The number of hydrogen-bond acceptors (Lipinski definition) is 1. The summed E-state index contributed by atoms with van der Waals surface area (Å²) in [5, 5.41) is 10.3. The number of aliphatic carboxylic acids is 1. The number of rotatable bonds is 1. The quantitative estimate of drug-likeness (QED) is 0.768. The molecule has 3 nitrogen and oxygen atoms in total. The topological polar surface area (TPSA) is 53.1 Å². The van der Waals surface area contributed by atoms with Crippen LogP contribution in [0, 0.1) is 5.92 Å². The van der Waals surface area contributed by atoms with E-state index in [0.717, 1.165) is 11.2 Å². The number of aromatic nitrogens is 1. The molecule has 2 atom stereocenters. The van der Waals surface area contributed by atoms with Gasteiger partial charge in [-0.3, -0.25) is 4.79 Å². The van der Waals surface area contributed by atoms with Crippen LogP contribution in [0.2, 0.25) is 0 Å². The lowest BCUT2D eigenvalue weighted by molar-refractivity contribution is -0.142. The van der Waals surface area contributed by atoms with Crippen LogP contribution in [0.1, 0.15) is 24.1 Å². The second-order valence-electron chi connectivity index (χ2n) is 4.50. The first-order valence-corrected chi connectivity index (χ1v) is 5.50. The number of carboxylic acid groups (broad SMARTS) is 1. The van der Waals surface area contributed by atoms with Crippen molar-refractivity contribution in [2.24, 2.45) is 5.92 Å². The Hall–Kier alpha value is -1.77. The van der Waals surface area contributed by atoms with Gasteiger partial charge in [0.15, 0.2) is 0 Å². The average Bonchev–Trinajstić information content (AvgIpc) is 2.76. The number of aromatic amines is 1. The molecule has 2 aromatic rings. The molecule has 0 saturated carbocycles. The third-order valence-corrected chi connectivity index (χ3v) is 3.65. The van der Waals surface area contributed by atoms with Crippen molar-refractivity contribution < 1.29 is 9.90 Å². The van der Waals surface area contributed by atoms with Gasteiger partial charge in [0, 0.05) is 22.5 Å². The minimum atomic E-state index is -0.693. The summed E-state index contributed by atoms with van der Waals surface area (Å²) in [6.07, 6.45) is 0.649. The second kappa shape index (κ2) is 3.11. The van der Waals surface area contributed by atoms with Gasteiger partial charge in [0.2, 0.25) is 0 Å². The van der Waals surface area contributed by atoms with Crippen LogP contribution >= 0.6 is 0 Å². The smallest absolute Gasteiger partial charge is 0.307 e. The summed E-state index contributed by atoms with van der Waals surface area (Å²) in [6.45, 7) is 1.99. The van der Waals surface area contributed by atoms with Gasteiger partial charge in [-0.1, -0.05) is 25.1 Å². The summed E-state index contributed by atoms with van der Waals surface area (Å²) in [7, 11) is 0. The maximum absolute atomic E-state index is 11.1. The van der Waals surface area contributed by atoms with Crippen LogP contribution in [-0.4, -0.2) is 16.1 Å². The fraction of sp³-hybridized carbons (Fsp3) is 0.308. The molecule has 1 aromatic heterocycles. The van der Waals surface area contributed by atoms with E-state index < -0.39 is 5.97 Å². The van der Waals surface area contributed by atoms with Gasteiger partial charge in [-0.15, -0.1) is 0 Å². The van der Waals surface area contributed by atoms with Crippen molar-refractivity contribution in [1.29, 1.82) is 0 Å². The Labute approximate surface area is 93.1 Å². The molecule has 0 fully saturated rings. The van der Waals surface area contributed by atoms with Gasteiger partial charge in [0.1, 0.15) is 0 Å². The zero-order chi connectivity index (χ0) is 11.3. The molecule has 0 spiro atoms. The number of carbonyl (C=O) groups is 1. The number of fused-ring (bicyclic) bond motifs is 3. The zero-order valence-electron chi connectivity index (χ0n) is 9.03. The van der Waals surface area contributed by atoms with E-state index in [9.17, 15) is 4.79 Å². The van der Waals surface area contributed by atoms with Crippen LogP contribution < -0.4 is 0 Å². The molecule has 1 aliphatic carbocycles. The van der Waals surface area contributed by atoms with E-state index in [1.807, 2.05) is 25.1 Å². The Kier molecular flexibility index (Phi) is 1.84. The highest BCUT2D eigenvalue weighted by Crippen LogP contribution is 2.41. The molecule has 3 rings (SSSR count). The summed E-state index contributed by atoms with van der Waals surface area (Å²) in [6, 6.07) is 8.08. The molecule has 82 valence electrons. The highest BCUT2D eigenvalue weighted by atomic mass is 16.4. The van der Waals surface area contributed by atoms with Gasteiger partial charge in [-0.2, -0.15) is 0 Å².